The first-order valence-electron chi connectivity index (χ1n) is 7.53. The molecule has 0 bridgehead atoms. The van der Waals surface area contributed by atoms with Crippen LogP contribution in [0.25, 0.3) is 0 Å². The number of benzene rings is 1. The Morgan fingerprint density at radius 3 is 2.85 bits per heavy atom. The Bertz CT molecular complexity index is 476. The summed E-state index contributed by atoms with van der Waals surface area (Å²) in [5.74, 6) is 0.303. The minimum atomic E-state index is -0.173. The molecule has 1 saturated heterocycles. The maximum absolute atomic E-state index is 14.3. The second-order valence-electron chi connectivity index (χ2n) is 6.18. The van der Waals surface area contributed by atoms with Crippen LogP contribution in [0, 0.1) is 11.7 Å². The minimum Gasteiger partial charge on any atom is -0.314 e. The van der Waals surface area contributed by atoms with Crippen LogP contribution >= 0.6 is 11.6 Å². The van der Waals surface area contributed by atoms with Crippen molar-refractivity contribution in [3.63, 3.8) is 0 Å². The van der Waals surface area contributed by atoms with Crippen molar-refractivity contribution in [3.05, 3.63) is 34.6 Å². The lowest BCUT2D eigenvalue weighted by molar-refractivity contribution is 0.116. The SMILES string of the molecule is CN1CCCC(CNC2CC2)C1c1ccc(Cl)cc1F. The zero-order valence-corrected chi connectivity index (χ0v) is 12.7. The molecule has 1 heterocycles. The largest absolute Gasteiger partial charge is 0.314 e. The number of rotatable bonds is 4. The fourth-order valence-electron chi connectivity index (χ4n) is 3.31. The number of nitrogens with one attached hydrogen (secondary N) is 1. The number of piperidine rings is 1. The quantitative estimate of drug-likeness (QED) is 0.913. The van der Waals surface area contributed by atoms with Gasteiger partial charge in [0.2, 0.25) is 0 Å². The second kappa shape index (κ2) is 6.00. The van der Waals surface area contributed by atoms with E-state index in [1.165, 1.54) is 25.3 Å². The van der Waals surface area contributed by atoms with Gasteiger partial charge in [-0.3, -0.25) is 4.90 Å². The molecule has 1 aliphatic carbocycles. The summed E-state index contributed by atoms with van der Waals surface area (Å²) in [5.41, 5.74) is 0.791. The number of hydrogen-bond donors (Lipinski definition) is 1. The summed E-state index contributed by atoms with van der Waals surface area (Å²) in [5, 5.41) is 4.07. The lowest BCUT2D eigenvalue weighted by Gasteiger charge is -2.40. The van der Waals surface area contributed by atoms with Gasteiger partial charge in [-0.2, -0.15) is 0 Å². The molecule has 20 heavy (non-hydrogen) atoms. The third-order valence-corrected chi connectivity index (χ3v) is 4.77. The topological polar surface area (TPSA) is 15.3 Å². The van der Waals surface area contributed by atoms with E-state index in [9.17, 15) is 4.39 Å². The van der Waals surface area contributed by atoms with Crippen molar-refractivity contribution in [2.24, 2.45) is 5.92 Å². The summed E-state index contributed by atoms with van der Waals surface area (Å²) in [7, 11) is 2.10. The summed E-state index contributed by atoms with van der Waals surface area (Å²) in [6.45, 7) is 2.02. The molecule has 2 fully saturated rings. The molecular weight excluding hydrogens is 275 g/mol. The Hall–Kier alpha value is -0.640. The molecule has 1 N–H and O–H groups in total. The van der Waals surface area contributed by atoms with Crippen molar-refractivity contribution < 1.29 is 4.39 Å². The van der Waals surface area contributed by atoms with E-state index in [1.807, 2.05) is 6.07 Å². The van der Waals surface area contributed by atoms with Crippen LogP contribution in [0.5, 0.6) is 0 Å². The Kier molecular flexibility index (Phi) is 4.29. The van der Waals surface area contributed by atoms with Crippen LogP contribution in [0.2, 0.25) is 5.02 Å². The van der Waals surface area contributed by atoms with E-state index in [-0.39, 0.29) is 11.9 Å². The zero-order valence-electron chi connectivity index (χ0n) is 11.9. The van der Waals surface area contributed by atoms with Crippen LogP contribution in [-0.4, -0.2) is 31.1 Å². The molecule has 3 rings (SSSR count). The molecule has 4 heteroatoms. The average molecular weight is 297 g/mol. The summed E-state index contributed by atoms with van der Waals surface area (Å²) < 4.78 is 14.3. The summed E-state index contributed by atoms with van der Waals surface area (Å²) >= 11 is 5.87. The summed E-state index contributed by atoms with van der Waals surface area (Å²) in [4.78, 5) is 2.29. The average Bonchev–Trinajstić information content (AvgIpc) is 3.22. The molecule has 2 unspecified atom stereocenters. The van der Waals surface area contributed by atoms with Crippen LogP contribution in [0.3, 0.4) is 0 Å². The monoisotopic (exact) mass is 296 g/mol. The number of hydrogen-bond acceptors (Lipinski definition) is 2. The van der Waals surface area contributed by atoms with Crippen LogP contribution in [0.1, 0.15) is 37.3 Å². The van der Waals surface area contributed by atoms with Gasteiger partial charge in [-0.1, -0.05) is 17.7 Å². The predicted octanol–water partition coefficient (Wildman–Crippen LogP) is 3.61. The summed E-state index contributed by atoms with van der Waals surface area (Å²) in [6, 6.07) is 5.96. The van der Waals surface area contributed by atoms with Gasteiger partial charge < -0.3 is 5.32 Å². The van der Waals surface area contributed by atoms with Crippen LogP contribution in [0.4, 0.5) is 4.39 Å². The van der Waals surface area contributed by atoms with Crippen molar-refractivity contribution in [3.8, 4) is 0 Å². The highest BCUT2D eigenvalue weighted by Gasteiger charge is 2.33. The zero-order chi connectivity index (χ0) is 14.1. The fourth-order valence-corrected chi connectivity index (χ4v) is 3.47. The number of halogens is 2. The fraction of sp³-hybridized carbons (Fsp3) is 0.625. The summed E-state index contributed by atoms with van der Waals surface area (Å²) in [6.07, 6.45) is 4.95. The molecule has 1 aliphatic heterocycles. The third kappa shape index (κ3) is 3.16. The second-order valence-corrected chi connectivity index (χ2v) is 6.61. The van der Waals surface area contributed by atoms with E-state index in [4.69, 9.17) is 11.6 Å². The lowest BCUT2D eigenvalue weighted by atomic mass is 9.84. The third-order valence-electron chi connectivity index (χ3n) is 4.53. The molecule has 1 aromatic carbocycles. The Morgan fingerprint density at radius 2 is 2.15 bits per heavy atom. The maximum Gasteiger partial charge on any atom is 0.129 e. The Morgan fingerprint density at radius 1 is 1.35 bits per heavy atom. The molecule has 0 spiro atoms. The van der Waals surface area contributed by atoms with Gasteiger partial charge in [-0.05, 0) is 57.3 Å². The van der Waals surface area contributed by atoms with Crippen LogP contribution in [0.15, 0.2) is 18.2 Å². The van der Waals surface area contributed by atoms with E-state index >= 15 is 0 Å². The molecule has 1 aromatic rings. The van der Waals surface area contributed by atoms with Crippen LogP contribution in [-0.2, 0) is 0 Å². The Labute approximate surface area is 125 Å². The standard InChI is InChI=1S/C16H22ClFN2/c1-20-8-2-3-11(10-19-13-5-6-13)16(20)14-7-4-12(17)9-15(14)18/h4,7,9,11,13,16,19H,2-3,5-6,8,10H2,1H3. The smallest absolute Gasteiger partial charge is 0.129 e. The van der Waals surface area contributed by atoms with Gasteiger partial charge in [-0.15, -0.1) is 0 Å². The first kappa shape index (κ1) is 14.3. The highest BCUT2D eigenvalue weighted by molar-refractivity contribution is 6.30. The predicted molar refractivity (Wildman–Crippen MR) is 80.5 cm³/mol. The molecule has 110 valence electrons. The van der Waals surface area contributed by atoms with Crippen LogP contribution < -0.4 is 5.32 Å². The first-order valence-corrected chi connectivity index (χ1v) is 7.91. The van der Waals surface area contributed by atoms with Gasteiger partial charge in [0.05, 0.1) is 0 Å². The molecule has 0 radical (unpaired) electrons. The number of nitrogens with zero attached hydrogens (tertiary/aromatic N) is 1. The molecule has 2 atom stereocenters. The van der Waals surface area contributed by atoms with Gasteiger partial charge in [0.25, 0.3) is 0 Å². The molecule has 0 amide bonds. The molecule has 1 saturated carbocycles. The van der Waals surface area contributed by atoms with Gasteiger partial charge in [-0.25, -0.2) is 4.39 Å². The van der Waals surface area contributed by atoms with Crippen molar-refractivity contribution >= 4 is 11.6 Å². The van der Waals surface area contributed by atoms with E-state index in [0.717, 1.165) is 25.1 Å². The highest BCUT2D eigenvalue weighted by atomic mass is 35.5. The molecule has 2 nitrogen and oxygen atoms in total. The first-order chi connectivity index (χ1) is 9.65. The normalized spacial score (nSPS) is 27.8. The van der Waals surface area contributed by atoms with Gasteiger partial charge in [0.1, 0.15) is 5.82 Å². The van der Waals surface area contributed by atoms with E-state index < -0.39 is 0 Å². The van der Waals surface area contributed by atoms with E-state index in [1.54, 1.807) is 6.07 Å². The van der Waals surface area contributed by atoms with Gasteiger partial charge in [0.15, 0.2) is 0 Å². The van der Waals surface area contributed by atoms with Gasteiger partial charge in [0, 0.05) is 29.2 Å². The van der Waals surface area contributed by atoms with E-state index in [0.29, 0.717) is 17.0 Å². The van der Waals surface area contributed by atoms with Crippen molar-refractivity contribution in [2.75, 3.05) is 20.1 Å². The van der Waals surface area contributed by atoms with Crippen molar-refractivity contribution in [1.82, 2.24) is 10.2 Å². The lowest BCUT2D eigenvalue weighted by Crippen LogP contribution is -2.41. The van der Waals surface area contributed by atoms with E-state index in [2.05, 4.69) is 17.3 Å². The number of likely N-dealkylation sites (tertiary alicyclic amines) is 1. The van der Waals surface area contributed by atoms with Gasteiger partial charge >= 0.3 is 0 Å². The molecule has 2 aliphatic rings. The molecule has 0 aromatic heterocycles. The van der Waals surface area contributed by atoms with Crippen molar-refractivity contribution in [1.29, 1.82) is 0 Å². The Balaban J connectivity index is 1.80. The highest BCUT2D eigenvalue weighted by Crippen LogP contribution is 2.37. The maximum atomic E-state index is 14.3. The van der Waals surface area contributed by atoms with Crippen molar-refractivity contribution in [2.45, 2.75) is 37.8 Å². The minimum absolute atomic E-state index is 0.160. The molecular formula is C16H22ClFN2.